The van der Waals surface area contributed by atoms with Crippen molar-refractivity contribution in [3.63, 3.8) is 0 Å². The summed E-state index contributed by atoms with van der Waals surface area (Å²) in [6, 6.07) is 0. The van der Waals surface area contributed by atoms with Crippen molar-refractivity contribution >= 4 is 5.91 Å². The lowest BCUT2D eigenvalue weighted by molar-refractivity contribution is -0.122. The highest BCUT2D eigenvalue weighted by atomic mass is 16.5. The van der Waals surface area contributed by atoms with Gasteiger partial charge < -0.3 is 20.1 Å². The molecule has 5 nitrogen and oxygen atoms in total. The molecule has 0 radical (unpaired) electrons. The normalized spacial score (nSPS) is 25.9. The topological polar surface area (TPSA) is 61.8 Å². The summed E-state index contributed by atoms with van der Waals surface area (Å²) in [6.07, 6.45) is 1.06. The van der Waals surface area contributed by atoms with Gasteiger partial charge in [0.05, 0.1) is 6.61 Å². The van der Waals surface area contributed by atoms with Crippen molar-refractivity contribution < 1.29 is 14.6 Å². The minimum Gasteiger partial charge on any atom is -0.386 e. The molecule has 15 heavy (non-hydrogen) atoms. The average Bonchev–Trinajstić information content (AvgIpc) is 2.60. The number of nitrogens with one attached hydrogen (secondary N) is 1. The summed E-state index contributed by atoms with van der Waals surface area (Å²) in [4.78, 5) is 13.3. The molecule has 88 valence electrons. The molecule has 0 saturated carbocycles. The van der Waals surface area contributed by atoms with Crippen LogP contribution in [-0.2, 0) is 9.53 Å². The molecular formula is C10H20N2O3. The Morgan fingerprint density at radius 2 is 2.33 bits per heavy atom. The lowest BCUT2D eigenvalue weighted by Gasteiger charge is -2.20. The van der Waals surface area contributed by atoms with E-state index in [1.165, 1.54) is 0 Å². The van der Waals surface area contributed by atoms with Gasteiger partial charge in [-0.1, -0.05) is 0 Å². The van der Waals surface area contributed by atoms with Crippen LogP contribution in [0.1, 0.15) is 12.8 Å². The van der Waals surface area contributed by atoms with Crippen LogP contribution in [0.4, 0.5) is 0 Å². The number of ether oxygens (including phenoxy) is 1. The van der Waals surface area contributed by atoms with Crippen LogP contribution < -0.4 is 5.32 Å². The summed E-state index contributed by atoms with van der Waals surface area (Å²) in [5.41, 5.74) is -0.853. The fourth-order valence-electron chi connectivity index (χ4n) is 1.41. The molecule has 2 N–H and O–H groups in total. The van der Waals surface area contributed by atoms with Gasteiger partial charge in [0.1, 0.15) is 5.60 Å². The highest BCUT2D eigenvalue weighted by molar-refractivity contribution is 5.76. The molecule has 1 heterocycles. The molecule has 1 amide bonds. The molecule has 0 aromatic heterocycles. The van der Waals surface area contributed by atoms with E-state index >= 15 is 0 Å². The van der Waals surface area contributed by atoms with E-state index in [9.17, 15) is 9.90 Å². The van der Waals surface area contributed by atoms with Gasteiger partial charge in [0.25, 0.3) is 0 Å². The van der Waals surface area contributed by atoms with Crippen molar-refractivity contribution in [1.29, 1.82) is 0 Å². The fourth-order valence-corrected chi connectivity index (χ4v) is 1.41. The quantitative estimate of drug-likeness (QED) is 0.632. The molecule has 1 saturated heterocycles. The zero-order chi connectivity index (χ0) is 11.3. The van der Waals surface area contributed by atoms with Crippen LogP contribution in [0.25, 0.3) is 0 Å². The Kier molecular flexibility index (Phi) is 4.50. The molecule has 1 aliphatic heterocycles. The average molecular weight is 216 g/mol. The molecule has 0 aliphatic carbocycles. The predicted molar refractivity (Wildman–Crippen MR) is 56.6 cm³/mol. The van der Waals surface area contributed by atoms with Crippen LogP contribution in [0.3, 0.4) is 0 Å². The summed E-state index contributed by atoms with van der Waals surface area (Å²) in [7, 11) is 3.84. The van der Waals surface area contributed by atoms with E-state index in [1.807, 2.05) is 19.0 Å². The van der Waals surface area contributed by atoms with Gasteiger partial charge in [0.15, 0.2) is 0 Å². The van der Waals surface area contributed by atoms with Gasteiger partial charge in [-0.3, -0.25) is 4.79 Å². The Balaban J connectivity index is 2.16. The zero-order valence-electron chi connectivity index (χ0n) is 9.45. The number of aliphatic hydroxyl groups is 1. The summed E-state index contributed by atoms with van der Waals surface area (Å²) < 4.78 is 5.08. The molecule has 1 unspecified atom stereocenters. The third kappa shape index (κ3) is 4.59. The smallest absolute Gasteiger partial charge is 0.221 e. The largest absolute Gasteiger partial charge is 0.386 e. The monoisotopic (exact) mass is 216 g/mol. The highest BCUT2D eigenvalue weighted by Gasteiger charge is 2.32. The molecule has 1 aliphatic rings. The summed E-state index contributed by atoms with van der Waals surface area (Å²) in [5, 5.41) is 12.6. The molecule has 1 rings (SSSR count). The minimum absolute atomic E-state index is 0.0241. The predicted octanol–water partition coefficient (Wildman–Crippen LogP) is -0.794. The van der Waals surface area contributed by atoms with Gasteiger partial charge >= 0.3 is 0 Å². The molecule has 0 bridgehead atoms. The van der Waals surface area contributed by atoms with Crippen molar-refractivity contribution in [1.82, 2.24) is 10.2 Å². The Bertz CT molecular complexity index is 213. The summed E-state index contributed by atoms with van der Waals surface area (Å²) in [6.45, 7) is 1.91. The van der Waals surface area contributed by atoms with Crippen LogP contribution in [0.5, 0.6) is 0 Å². The number of carbonyl (C=O) groups excluding carboxylic acids is 1. The van der Waals surface area contributed by atoms with Gasteiger partial charge in [-0.15, -0.1) is 0 Å². The molecule has 5 heteroatoms. The van der Waals surface area contributed by atoms with E-state index in [0.29, 0.717) is 32.6 Å². The second-order valence-electron chi connectivity index (χ2n) is 4.36. The molecule has 0 aromatic carbocycles. The van der Waals surface area contributed by atoms with Crippen LogP contribution in [0, 0.1) is 0 Å². The number of hydrogen-bond donors (Lipinski definition) is 2. The first kappa shape index (κ1) is 12.4. The first-order valence-electron chi connectivity index (χ1n) is 5.23. The number of hydrogen-bond acceptors (Lipinski definition) is 4. The van der Waals surface area contributed by atoms with Crippen molar-refractivity contribution in [2.45, 2.75) is 18.4 Å². The number of amides is 1. The minimum atomic E-state index is -0.853. The lowest BCUT2D eigenvalue weighted by atomic mass is 10.0. The van der Waals surface area contributed by atoms with E-state index in [-0.39, 0.29) is 5.91 Å². The van der Waals surface area contributed by atoms with Gasteiger partial charge in [-0.25, -0.2) is 0 Å². The van der Waals surface area contributed by atoms with Crippen molar-refractivity contribution in [2.24, 2.45) is 0 Å². The van der Waals surface area contributed by atoms with Gasteiger partial charge in [0.2, 0.25) is 5.91 Å². The second kappa shape index (κ2) is 5.44. The molecular weight excluding hydrogens is 196 g/mol. The first-order valence-corrected chi connectivity index (χ1v) is 5.23. The summed E-state index contributed by atoms with van der Waals surface area (Å²) >= 11 is 0. The van der Waals surface area contributed by atoms with Gasteiger partial charge in [-0.05, 0) is 14.1 Å². The van der Waals surface area contributed by atoms with E-state index < -0.39 is 5.60 Å². The number of rotatable bonds is 5. The maximum atomic E-state index is 11.4. The van der Waals surface area contributed by atoms with Crippen molar-refractivity contribution in [3.05, 3.63) is 0 Å². The second-order valence-corrected chi connectivity index (χ2v) is 4.36. The van der Waals surface area contributed by atoms with Crippen molar-refractivity contribution in [3.8, 4) is 0 Å². The zero-order valence-corrected chi connectivity index (χ0v) is 9.45. The molecule has 0 aromatic rings. The SMILES string of the molecule is CN(C)CCC(=O)NCC1(O)CCOC1. The Morgan fingerprint density at radius 1 is 1.60 bits per heavy atom. The number of nitrogens with zero attached hydrogens (tertiary/aromatic N) is 1. The van der Waals surface area contributed by atoms with Crippen LogP contribution in [-0.4, -0.2) is 61.9 Å². The third-order valence-corrected chi connectivity index (χ3v) is 2.48. The maximum Gasteiger partial charge on any atom is 0.221 e. The first-order chi connectivity index (χ1) is 7.02. The van der Waals surface area contributed by atoms with Crippen LogP contribution >= 0.6 is 0 Å². The van der Waals surface area contributed by atoms with Crippen LogP contribution in [0.2, 0.25) is 0 Å². The Morgan fingerprint density at radius 3 is 2.87 bits per heavy atom. The molecule has 1 atom stereocenters. The van der Waals surface area contributed by atoms with Crippen molar-refractivity contribution in [2.75, 3.05) is 40.4 Å². The highest BCUT2D eigenvalue weighted by Crippen LogP contribution is 2.16. The van der Waals surface area contributed by atoms with Gasteiger partial charge in [-0.2, -0.15) is 0 Å². The van der Waals surface area contributed by atoms with E-state index in [0.717, 1.165) is 6.54 Å². The Labute approximate surface area is 90.4 Å². The van der Waals surface area contributed by atoms with Gasteiger partial charge in [0, 0.05) is 32.5 Å². The van der Waals surface area contributed by atoms with E-state index in [2.05, 4.69) is 5.32 Å². The summed E-state index contributed by atoms with van der Waals surface area (Å²) in [5.74, 6) is -0.0241. The van der Waals surface area contributed by atoms with E-state index in [1.54, 1.807) is 0 Å². The molecule has 1 fully saturated rings. The van der Waals surface area contributed by atoms with Crippen LogP contribution in [0.15, 0.2) is 0 Å². The fraction of sp³-hybridized carbons (Fsp3) is 0.900. The standard InChI is InChI=1S/C10H20N2O3/c1-12(2)5-3-9(13)11-7-10(14)4-6-15-8-10/h14H,3-8H2,1-2H3,(H,11,13). The molecule has 0 spiro atoms. The third-order valence-electron chi connectivity index (χ3n) is 2.48. The lowest BCUT2D eigenvalue weighted by Crippen LogP contribution is -2.43. The Hall–Kier alpha value is -0.650. The number of carbonyl (C=O) groups is 1. The van der Waals surface area contributed by atoms with E-state index in [4.69, 9.17) is 4.74 Å². The maximum absolute atomic E-state index is 11.4.